The highest BCUT2D eigenvalue weighted by molar-refractivity contribution is 7.91. The van der Waals surface area contributed by atoms with Crippen molar-refractivity contribution in [2.24, 2.45) is 11.8 Å². The van der Waals surface area contributed by atoms with Gasteiger partial charge in [-0.05, 0) is 52.6 Å². The molecule has 2 heterocycles. The van der Waals surface area contributed by atoms with Gasteiger partial charge in [-0.25, -0.2) is 8.42 Å². The number of carbonyl (C=O) groups excluding carboxylic acids is 2. The summed E-state index contributed by atoms with van der Waals surface area (Å²) in [5.74, 6) is 0.335. The van der Waals surface area contributed by atoms with E-state index in [1.807, 2.05) is 13.8 Å². The van der Waals surface area contributed by atoms with Crippen LogP contribution in [0.5, 0.6) is 0 Å². The third kappa shape index (κ3) is 8.22. The number of nitrogens with one attached hydrogen (secondary N) is 2. The van der Waals surface area contributed by atoms with Crippen LogP contribution in [0.15, 0.2) is 0 Å². The van der Waals surface area contributed by atoms with Gasteiger partial charge in [0, 0.05) is 39.3 Å². The van der Waals surface area contributed by atoms with Crippen LogP contribution >= 0.6 is 0 Å². The van der Waals surface area contributed by atoms with E-state index in [1.165, 1.54) is 0 Å². The third-order valence-electron chi connectivity index (χ3n) is 5.89. The normalized spacial score (nSPS) is 24.2. The Hall–Kier alpha value is -1.19. The van der Waals surface area contributed by atoms with E-state index in [-0.39, 0.29) is 35.2 Å². The summed E-state index contributed by atoms with van der Waals surface area (Å²) in [6.07, 6.45) is 3.60. The average Bonchev–Trinajstić information content (AvgIpc) is 2.72. The number of hydrogen-bond donors (Lipinski definition) is 2. The summed E-state index contributed by atoms with van der Waals surface area (Å²) in [5.41, 5.74) is 0. The third-order valence-corrected chi connectivity index (χ3v) is 7.50. The van der Waals surface area contributed by atoms with E-state index in [9.17, 15) is 18.0 Å². The number of sulfone groups is 1. The Morgan fingerprint density at radius 1 is 0.828 bits per heavy atom. The first-order chi connectivity index (χ1) is 13.8. The topological polar surface area (TPSA) is 98.8 Å². The smallest absolute Gasteiger partial charge is 0.224 e. The first-order valence-corrected chi connectivity index (χ1v) is 12.9. The van der Waals surface area contributed by atoms with Crippen molar-refractivity contribution >= 4 is 21.7 Å². The SMILES string of the molecule is CCNC(=O)C1CCCN(CCS(=O)(=O)CCN2CCCC(C(=O)NCC)C2)C1. The Balaban J connectivity index is 1.74. The molecule has 2 atom stereocenters. The maximum Gasteiger partial charge on any atom is 0.224 e. The van der Waals surface area contributed by atoms with Crippen molar-refractivity contribution in [2.75, 3.05) is 63.9 Å². The highest BCUT2D eigenvalue weighted by Gasteiger charge is 2.28. The van der Waals surface area contributed by atoms with Gasteiger partial charge in [-0.1, -0.05) is 0 Å². The molecule has 2 amide bonds. The van der Waals surface area contributed by atoms with E-state index in [0.717, 1.165) is 38.8 Å². The molecule has 2 saturated heterocycles. The number of rotatable bonds is 10. The van der Waals surface area contributed by atoms with Gasteiger partial charge < -0.3 is 20.4 Å². The van der Waals surface area contributed by atoms with Gasteiger partial charge >= 0.3 is 0 Å². The summed E-state index contributed by atoms with van der Waals surface area (Å²) < 4.78 is 25.1. The summed E-state index contributed by atoms with van der Waals surface area (Å²) in [6.45, 7) is 9.03. The van der Waals surface area contributed by atoms with E-state index >= 15 is 0 Å². The fourth-order valence-corrected chi connectivity index (χ4v) is 5.50. The second-order valence-electron chi connectivity index (χ2n) is 8.22. The van der Waals surface area contributed by atoms with Gasteiger partial charge in [0.25, 0.3) is 0 Å². The molecular formula is C20H38N4O4S. The molecule has 0 aliphatic carbocycles. The lowest BCUT2D eigenvalue weighted by Crippen LogP contribution is -2.45. The molecule has 0 aromatic rings. The Kier molecular flexibility index (Phi) is 9.85. The Bertz CT molecular complexity index is 592. The average molecular weight is 431 g/mol. The zero-order chi connectivity index (χ0) is 21.3. The minimum atomic E-state index is -3.16. The minimum absolute atomic E-state index is 0.0362. The quantitative estimate of drug-likeness (QED) is 0.510. The minimum Gasteiger partial charge on any atom is -0.356 e. The summed E-state index contributed by atoms with van der Waals surface area (Å²) >= 11 is 0. The van der Waals surface area contributed by atoms with E-state index in [1.54, 1.807) is 0 Å². The number of piperidine rings is 2. The van der Waals surface area contributed by atoms with E-state index < -0.39 is 9.84 Å². The van der Waals surface area contributed by atoms with Crippen molar-refractivity contribution in [1.29, 1.82) is 0 Å². The molecule has 2 unspecified atom stereocenters. The lowest BCUT2D eigenvalue weighted by atomic mass is 9.97. The van der Waals surface area contributed by atoms with Gasteiger partial charge in [0.05, 0.1) is 23.3 Å². The van der Waals surface area contributed by atoms with Crippen molar-refractivity contribution < 1.29 is 18.0 Å². The molecule has 0 aromatic carbocycles. The molecule has 0 radical (unpaired) electrons. The van der Waals surface area contributed by atoms with Gasteiger partial charge in [0.15, 0.2) is 9.84 Å². The number of nitrogens with zero attached hydrogens (tertiary/aromatic N) is 2. The summed E-state index contributed by atoms with van der Waals surface area (Å²) in [7, 11) is -3.16. The molecule has 2 fully saturated rings. The molecule has 0 bridgehead atoms. The first kappa shape index (κ1) is 24.1. The van der Waals surface area contributed by atoms with Crippen molar-refractivity contribution in [3.8, 4) is 0 Å². The van der Waals surface area contributed by atoms with Crippen LogP contribution < -0.4 is 10.6 Å². The summed E-state index contributed by atoms with van der Waals surface area (Å²) in [5, 5.41) is 5.73. The van der Waals surface area contributed by atoms with Crippen LogP contribution in [0.1, 0.15) is 39.5 Å². The van der Waals surface area contributed by atoms with Crippen molar-refractivity contribution in [3.63, 3.8) is 0 Å². The second kappa shape index (κ2) is 11.9. The van der Waals surface area contributed by atoms with Gasteiger partial charge in [0.1, 0.15) is 0 Å². The number of hydrogen-bond acceptors (Lipinski definition) is 6. The molecule has 9 heteroatoms. The number of likely N-dealkylation sites (tertiary alicyclic amines) is 2. The molecule has 2 aliphatic rings. The van der Waals surface area contributed by atoms with E-state index in [4.69, 9.17) is 0 Å². The molecule has 29 heavy (non-hydrogen) atoms. The van der Waals surface area contributed by atoms with Crippen LogP contribution in [0.3, 0.4) is 0 Å². The zero-order valence-corrected chi connectivity index (χ0v) is 18.8. The predicted octanol–water partition coefficient (Wildman–Crippen LogP) is 0.0974. The molecule has 2 N–H and O–H groups in total. The number of carbonyl (C=O) groups is 2. The Labute approximate surface area is 175 Å². The maximum atomic E-state index is 12.5. The van der Waals surface area contributed by atoms with Crippen LogP contribution in [-0.4, -0.2) is 93.9 Å². The van der Waals surface area contributed by atoms with Crippen LogP contribution in [0.25, 0.3) is 0 Å². The molecule has 0 spiro atoms. The number of amides is 2. The largest absolute Gasteiger partial charge is 0.356 e. The highest BCUT2D eigenvalue weighted by atomic mass is 32.2. The van der Waals surface area contributed by atoms with Crippen molar-refractivity contribution in [2.45, 2.75) is 39.5 Å². The van der Waals surface area contributed by atoms with Crippen LogP contribution in [-0.2, 0) is 19.4 Å². The van der Waals surface area contributed by atoms with E-state index in [2.05, 4.69) is 20.4 Å². The lowest BCUT2D eigenvalue weighted by Gasteiger charge is -2.32. The molecule has 2 rings (SSSR count). The monoisotopic (exact) mass is 430 g/mol. The second-order valence-corrected chi connectivity index (χ2v) is 10.5. The molecule has 0 aromatic heterocycles. The van der Waals surface area contributed by atoms with Gasteiger partial charge in [-0.15, -0.1) is 0 Å². The Morgan fingerprint density at radius 3 is 1.62 bits per heavy atom. The molecular weight excluding hydrogens is 392 g/mol. The summed E-state index contributed by atoms with van der Waals surface area (Å²) in [4.78, 5) is 28.3. The van der Waals surface area contributed by atoms with Crippen molar-refractivity contribution in [1.82, 2.24) is 20.4 Å². The molecule has 8 nitrogen and oxygen atoms in total. The maximum absolute atomic E-state index is 12.5. The zero-order valence-electron chi connectivity index (χ0n) is 18.0. The molecule has 2 aliphatic heterocycles. The molecule has 0 saturated carbocycles. The van der Waals surface area contributed by atoms with E-state index in [0.29, 0.717) is 39.3 Å². The molecule has 168 valence electrons. The first-order valence-electron chi connectivity index (χ1n) is 11.0. The lowest BCUT2D eigenvalue weighted by molar-refractivity contribution is -0.127. The van der Waals surface area contributed by atoms with Gasteiger partial charge in [-0.2, -0.15) is 0 Å². The summed E-state index contributed by atoms with van der Waals surface area (Å²) in [6, 6.07) is 0. The fourth-order valence-electron chi connectivity index (χ4n) is 4.22. The van der Waals surface area contributed by atoms with Crippen LogP contribution in [0, 0.1) is 11.8 Å². The fraction of sp³-hybridized carbons (Fsp3) is 0.900. The van der Waals surface area contributed by atoms with Crippen LogP contribution in [0.4, 0.5) is 0 Å². The van der Waals surface area contributed by atoms with Gasteiger partial charge in [0.2, 0.25) is 11.8 Å². The standard InChI is InChI=1S/C20H38N4O4S/c1-3-21-19(25)17-7-5-9-23(15-17)11-13-29(27,28)14-12-24-10-6-8-18(16-24)20(26)22-4-2/h17-18H,3-16H2,1-2H3,(H,21,25)(H,22,26). The van der Waals surface area contributed by atoms with Gasteiger partial charge in [-0.3, -0.25) is 9.59 Å². The van der Waals surface area contributed by atoms with Crippen molar-refractivity contribution in [3.05, 3.63) is 0 Å². The predicted molar refractivity (Wildman–Crippen MR) is 114 cm³/mol. The van der Waals surface area contributed by atoms with Crippen LogP contribution in [0.2, 0.25) is 0 Å². The highest BCUT2D eigenvalue weighted by Crippen LogP contribution is 2.18. The Morgan fingerprint density at radius 2 is 1.24 bits per heavy atom.